The Kier molecular flexibility index (Phi) is 6.41. The third-order valence-electron chi connectivity index (χ3n) is 5.15. The lowest BCUT2D eigenvalue weighted by molar-refractivity contribution is -0.122. The molecule has 0 atom stereocenters. The Hall–Kier alpha value is -4.41. The van der Waals surface area contributed by atoms with Gasteiger partial charge in [0.25, 0.3) is 5.91 Å². The van der Waals surface area contributed by atoms with Gasteiger partial charge < -0.3 is 16.0 Å². The third-order valence-corrected chi connectivity index (χ3v) is 5.15. The molecule has 0 saturated heterocycles. The maximum Gasteiger partial charge on any atom is 0.405 e. The molecular formula is C24H19F4N5O2. The average Bonchev–Trinajstić information content (AvgIpc) is 3.26. The summed E-state index contributed by atoms with van der Waals surface area (Å²) in [5.41, 5.74) is 3.51. The highest BCUT2D eigenvalue weighted by molar-refractivity contribution is 5.95. The Morgan fingerprint density at radius 2 is 1.77 bits per heavy atom. The van der Waals surface area contributed by atoms with E-state index in [1.165, 1.54) is 19.2 Å². The maximum atomic E-state index is 14.0. The number of alkyl halides is 3. The first-order chi connectivity index (χ1) is 16.6. The number of imidazole rings is 1. The lowest BCUT2D eigenvalue weighted by Gasteiger charge is -2.11. The summed E-state index contributed by atoms with van der Waals surface area (Å²) in [7, 11) is 1.42. The first kappa shape index (κ1) is 23.7. The molecule has 0 unspecified atom stereocenters. The van der Waals surface area contributed by atoms with E-state index in [2.05, 4.69) is 15.6 Å². The topological polar surface area (TPSA) is 87.5 Å². The summed E-state index contributed by atoms with van der Waals surface area (Å²) < 4.78 is 52.7. The Balaban J connectivity index is 1.59. The second kappa shape index (κ2) is 9.45. The van der Waals surface area contributed by atoms with E-state index in [1.54, 1.807) is 64.6 Å². The highest BCUT2D eigenvalue weighted by Crippen LogP contribution is 2.28. The van der Waals surface area contributed by atoms with Crippen molar-refractivity contribution in [2.75, 3.05) is 18.9 Å². The van der Waals surface area contributed by atoms with Gasteiger partial charge in [0.2, 0.25) is 0 Å². The third kappa shape index (κ3) is 5.40. The molecule has 3 N–H and O–H groups in total. The van der Waals surface area contributed by atoms with Gasteiger partial charge in [-0.3, -0.25) is 9.20 Å². The maximum absolute atomic E-state index is 14.0. The van der Waals surface area contributed by atoms with E-state index in [1.807, 2.05) is 0 Å². The Bertz CT molecular complexity index is 1410. The zero-order valence-electron chi connectivity index (χ0n) is 18.3. The summed E-state index contributed by atoms with van der Waals surface area (Å²) in [6.45, 7) is -1.44. The van der Waals surface area contributed by atoms with Crippen molar-refractivity contribution in [1.82, 2.24) is 20.0 Å². The van der Waals surface area contributed by atoms with Gasteiger partial charge in [0, 0.05) is 24.5 Å². The number of halogens is 4. The van der Waals surface area contributed by atoms with Crippen molar-refractivity contribution >= 4 is 23.3 Å². The average molecular weight is 485 g/mol. The monoisotopic (exact) mass is 485 g/mol. The molecule has 3 amide bonds. The SMILES string of the molecule is CNC(=O)c1cc(-c2ccn3c(-c4cccc(NC(=O)NCC(F)(F)F)c4)cnc3c2)ccc1F. The standard InChI is InChI=1S/C24H19F4N5O2/c1-29-22(34)18-10-14(5-6-19(18)25)15-7-8-33-20(12-30-21(33)11-15)16-3-2-4-17(9-16)32-23(35)31-13-24(26,27)28/h2-12H,13H2,1H3,(H,29,34)(H2,31,32,35). The fourth-order valence-electron chi connectivity index (χ4n) is 3.50. The molecule has 0 bridgehead atoms. The smallest absolute Gasteiger partial charge is 0.355 e. The van der Waals surface area contributed by atoms with Gasteiger partial charge in [0.1, 0.15) is 18.0 Å². The first-order valence-electron chi connectivity index (χ1n) is 10.4. The molecule has 4 rings (SSSR count). The molecule has 2 heterocycles. The van der Waals surface area contributed by atoms with Crippen molar-refractivity contribution in [2.45, 2.75) is 6.18 Å². The van der Waals surface area contributed by atoms with E-state index in [-0.39, 0.29) is 5.56 Å². The summed E-state index contributed by atoms with van der Waals surface area (Å²) in [4.78, 5) is 28.1. The summed E-state index contributed by atoms with van der Waals surface area (Å²) >= 11 is 0. The van der Waals surface area contributed by atoms with E-state index in [4.69, 9.17) is 0 Å². The minimum absolute atomic E-state index is 0.0718. The number of benzene rings is 2. The van der Waals surface area contributed by atoms with Crippen LogP contribution in [0.15, 0.2) is 67.0 Å². The lowest BCUT2D eigenvalue weighted by Crippen LogP contribution is -2.36. The number of aromatic nitrogens is 2. The van der Waals surface area contributed by atoms with E-state index in [0.717, 1.165) is 5.56 Å². The van der Waals surface area contributed by atoms with E-state index >= 15 is 0 Å². The van der Waals surface area contributed by atoms with Crippen molar-refractivity contribution in [3.05, 3.63) is 78.4 Å². The molecule has 4 aromatic rings. The van der Waals surface area contributed by atoms with E-state index in [0.29, 0.717) is 28.2 Å². The highest BCUT2D eigenvalue weighted by atomic mass is 19.4. The summed E-state index contributed by atoms with van der Waals surface area (Å²) in [6, 6.07) is 13.4. The van der Waals surface area contributed by atoms with E-state index in [9.17, 15) is 27.2 Å². The molecule has 0 radical (unpaired) electrons. The van der Waals surface area contributed by atoms with Crippen molar-refractivity contribution in [1.29, 1.82) is 0 Å². The number of urea groups is 1. The molecule has 11 heteroatoms. The van der Waals surface area contributed by atoms with Crippen LogP contribution in [-0.4, -0.2) is 41.1 Å². The second-order valence-electron chi connectivity index (χ2n) is 7.56. The van der Waals surface area contributed by atoms with Crippen LogP contribution in [0.5, 0.6) is 0 Å². The fraction of sp³-hybridized carbons (Fsp3) is 0.125. The summed E-state index contributed by atoms with van der Waals surface area (Å²) in [5.74, 6) is -1.16. The van der Waals surface area contributed by atoms with Crippen LogP contribution in [-0.2, 0) is 0 Å². The highest BCUT2D eigenvalue weighted by Gasteiger charge is 2.27. The Morgan fingerprint density at radius 3 is 2.51 bits per heavy atom. The number of hydrogen-bond donors (Lipinski definition) is 3. The van der Waals surface area contributed by atoms with Crippen LogP contribution in [0.2, 0.25) is 0 Å². The van der Waals surface area contributed by atoms with Gasteiger partial charge in [0.15, 0.2) is 0 Å². The number of carbonyl (C=O) groups is 2. The Labute approximate surface area is 196 Å². The van der Waals surface area contributed by atoms with Crippen LogP contribution < -0.4 is 16.0 Å². The molecule has 0 fully saturated rings. The predicted octanol–water partition coefficient (Wildman–Crippen LogP) is 4.85. The minimum Gasteiger partial charge on any atom is -0.355 e. The van der Waals surface area contributed by atoms with Gasteiger partial charge in [-0.05, 0) is 47.5 Å². The van der Waals surface area contributed by atoms with Crippen molar-refractivity contribution in [3.63, 3.8) is 0 Å². The molecule has 0 aliphatic heterocycles. The van der Waals surface area contributed by atoms with Gasteiger partial charge in [-0.25, -0.2) is 14.2 Å². The number of nitrogens with zero attached hydrogens (tertiary/aromatic N) is 2. The number of fused-ring (bicyclic) bond motifs is 1. The zero-order chi connectivity index (χ0) is 25.2. The summed E-state index contributed by atoms with van der Waals surface area (Å²) in [5, 5.41) is 6.54. The molecule has 2 aromatic heterocycles. The number of pyridine rings is 1. The van der Waals surface area contributed by atoms with Crippen LogP contribution in [0.4, 0.5) is 28.0 Å². The van der Waals surface area contributed by atoms with Gasteiger partial charge in [-0.2, -0.15) is 13.2 Å². The molecule has 35 heavy (non-hydrogen) atoms. The Morgan fingerprint density at radius 1 is 1.00 bits per heavy atom. The first-order valence-corrected chi connectivity index (χ1v) is 10.4. The fourth-order valence-corrected chi connectivity index (χ4v) is 3.50. The van der Waals surface area contributed by atoms with Gasteiger partial charge in [0.05, 0.1) is 17.5 Å². The molecule has 2 aromatic carbocycles. The number of anilines is 1. The van der Waals surface area contributed by atoms with Gasteiger partial charge in [-0.1, -0.05) is 18.2 Å². The van der Waals surface area contributed by atoms with Crippen LogP contribution in [0, 0.1) is 5.82 Å². The van der Waals surface area contributed by atoms with Crippen molar-refractivity contribution in [2.24, 2.45) is 0 Å². The molecule has 0 saturated carbocycles. The van der Waals surface area contributed by atoms with Crippen molar-refractivity contribution < 1.29 is 27.2 Å². The minimum atomic E-state index is -4.51. The molecule has 180 valence electrons. The number of hydrogen-bond acceptors (Lipinski definition) is 3. The van der Waals surface area contributed by atoms with Crippen LogP contribution in [0.3, 0.4) is 0 Å². The van der Waals surface area contributed by atoms with Crippen molar-refractivity contribution in [3.8, 4) is 22.4 Å². The number of amides is 3. The molecule has 7 nitrogen and oxygen atoms in total. The number of carbonyl (C=O) groups excluding carboxylic acids is 2. The van der Waals surface area contributed by atoms with E-state index < -0.39 is 30.5 Å². The summed E-state index contributed by atoms with van der Waals surface area (Å²) in [6.07, 6.45) is -1.14. The lowest BCUT2D eigenvalue weighted by atomic mass is 10.0. The number of nitrogens with one attached hydrogen (secondary N) is 3. The number of rotatable bonds is 5. The van der Waals surface area contributed by atoms with Crippen LogP contribution in [0.25, 0.3) is 28.0 Å². The molecule has 0 aliphatic carbocycles. The largest absolute Gasteiger partial charge is 0.405 e. The molecule has 0 spiro atoms. The normalized spacial score (nSPS) is 11.3. The zero-order valence-corrected chi connectivity index (χ0v) is 18.3. The van der Waals surface area contributed by atoms with Crippen LogP contribution in [0.1, 0.15) is 10.4 Å². The van der Waals surface area contributed by atoms with Gasteiger partial charge >= 0.3 is 12.2 Å². The second-order valence-corrected chi connectivity index (χ2v) is 7.56. The molecule has 0 aliphatic rings. The quantitative estimate of drug-likeness (QED) is 0.353. The van der Waals surface area contributed by atoms with Gasteiger partial charge in [-0.15, -0.1) is 0 Å². The predicted molar refractivity (Wildman–Crippen MR) is 122 cm³/mol. The van der Waals surface area contributed by atoms with Crippen LogP contribution >= 0.6 is 0 Å². The molecular weight excluding hydrogens is 466 g/mol.